The van der Waals surface area contributed by atoms with E-state index in [-0.39, 0.29) is 0 Å². The molecule has 4 heteroatoms. The molecule has 4 nitrogen and oxygen atoms in total. The summed E-state index contributed by atoms with van der Waals surface area (Å²) in [4.78, 5) is 2.50. The Hall–Kier alpha value is -2.04. The molecule has 2 aliphatic rings. The molecule has 22 heavy (non-hydrogen) atoms. The first-order chi connectivity index (χ1) is 10.9. The van der Waals surface area contributed by atoms with Crippen molar-refractivity contribution >= 4 is 0 Å². The number of hydrogen-bond donors (Lipinski definition) is 1. The van der Waals surface area contributed by atoms with Gasteiger partial charge in [0.1, 0.15) is 0 Å². The van der Waals surface area contributed by atoms with Crippen LogP contribution in [0.25, 0.3) is 11.1 Å². The maximum Gasteiger partial charge on any atom is 0.231 e. The number of ether oxygens (including phenoxy) is 2. The second-order valence-electron chi connectivity index (χ2n) is 5.75. The van der Waals surface area contributed by atoms with Gasteiger partial charge in [0.25, 0.3) is 0 Å². The third-order valence-corrected chi connectivity index (χ3v) is 4.30. The van der Waals surface area contributed by atoms with Crippen molar-refractivity contribution < 1.29 is 9.47 Å². The van der Waals surface area contributed by atoms with Crippen LogP contribution < -0.4 is 14.8 Å². The largest absolute Gasteiger partial charge is 0.454 e. The lowest BCUT2D eigenvalue weighted by Gasteiger charge is -2.28. The summed E-state index contributed by atoms with van der Waals surface area (Å²) in [5.74, 6) is 1.68. The summed E-state index contributed by atoms with van der Waals surface area (Å²) in [6.45, 7) is 5.68. The Labute approximate surface area is 130 Å². The van der Waals surface area contributed by atoms with Gasteiger partial charge in [-0.1, -0.05) is 30.3 Å². The number of fused-ring (bicyclic) bond motifs is 1. The zero-order valence-corrected chi connectivity index (χ0v) is 12.5. The minimum absolute atomic E-state index is 0.321. The SMILES string of the molecule is c1ccc(-c2ccc3c(c2)OCO3)c(CN2CCNCC2)c1. The van der Waals surface area contributed by atoms with Gasteiger partial charge in [0.2, 0.25) is 6.79 Å². The van der Waals surface area contributed by atoms with E-state index in [9.17, 15) is 0 Å². The van der Waals surface area contributed by atoms with Crippen LogP contribution in [0.15, 0.2) is 42.5 Å². The van der Waals surface area contributed by atoms with Crippen molar-refractivity contribution in [3.05, 3.63) is 48.0 Å². The van der Waals surface area contributed by atoms with Crippen LogP contribution in [0.2, 0.25) is 0 Å². The number of rotatable bonds is 3. The van der Waals surface area contributed by atoms with Gasteiger partial charge < -0.3 is 14.8 Å². The molecule has 1 saturated heterocycles. The number of nitrogens with one attached hydrogen (secondary N) is 1. The van der Waals surface area contributed by atoms with Crippen molar-refractivity contribution in [2.24, 2.45) is 0 Å². The molecule has 1 N–H and O–H groups in total. The Kier molecular flexibility index (Phi) is 3.70. The minimum atomic E-state index is 0.321. The molecule has 2 aromatic carbocycles. The van der Waals surface area contributed by atoms with Gasteiger partial charge in [0, 0.05) is 32.7 Å². The van der Waals surface area contributed by atoms with Crippen LogP contribution in [0.4, 0.5) is 0 Å². The van der Waals surface area contributed by atoms with Crippen LogP contribution in [0.3, 0.4) is 0 Å². The van der Waals surface area contributed by atoms with Gasteiger partial charge in [-0.2, -0.15) is 0 Å². The van der Waals surface area contributed by atoms with E-state index in [1.54, 1.807) is 0 Å². The summed E-state index contributed by atoms with van der Waals surface area (Å²) in [6, 6.07) is 14.8. The second-order valence-corrected chi connectivity index (χ2v) is 5.75. The van der Waals surface area contributed by atoms with Crippen LogP contribution in [0, 0.1) is 0 Å². The zero-order valence-electron chi connectivity index (χ0n) is 12.5. The predicted molar refractivity (Wildman–Crippen MR) is 86.1 cm³/mol. The number of benzene rings is 2. The smallest absolute Gasteiger partial charge is 0.231 e. The van der Waals surface area contributed by atoms with Crippen LogP contribution in [0.1, 0.15) is 5.56 Å². The average molecular weight is 296 g/mol. The maximum absolute atomic E-state index is 5.51. The van der Waals surface area contributed by atoms with E-state index in [0.29, 0.717) is 6.79 Å². The van der Waals surface area contributed by atoms with Crippen molar-refractivity contribution in [2.45, 2.75) is 6.54 Å². The van der Waals surface area contributed by atoms with E-state index >= 15 is 0 Å². The Bertz CT molecular complexity index is 666. The standard InChI is InChI=1S/C18H20N2O2/c1-2-4-16(14-5-6-17-18(11-14)22-13-21-17)15(3-1)12-20-9-7-19-8-10-20/h1-6,11,19H,7-10,12-13H2. The molecule has 1 fully saturated rings. The van der Waals surface area contributed by atoms with Crippen LogP contribution in [-0.4, -0.2) is 37.9 Å². The number of nitrogens with zero attached hydrogens (tertiary/aromatic N) is 1. The Morgan fingerprint density at radius 1 is 0.955 bits per heavy atom. The summed E-state index contributed by atoms with van der Waals surface area (Å²) in [5.41, 5.74) is 3.83. The molecule has 0 bridgehead atoms. The molecule has 0 amide bonds. The van der Waals surface area contributed by atoms with Gasteiger partial charge in [-0.15, -0.1) is 0 Å². The molecule has 2 aliphatic heterocycles. The molecule has 0 spiro atoms. The molecule has 0 radical (unpaired) electrons. The molecular formula is C18H20N2O2. The van der Waals surface area contributed by atoms with Crippen LogP contribution >= 0.6 is 0 Å². The summed E-state index contributed by atoms with van der Waals surface area (Å²) in [5, 5.41) is 3.40. The Morgan fingerprint density at radius 3 is 2.68 bits per heavy atom. The highest BCUT2D eigenvalue weighted by molar-refractivity contribution is 5.70. The maximum atomic E-state index is 5.51. The molecule has 0 atom stereocenters. The lowest BCUT2D eigenvalue weighted by atomic mass is 9.98. The van der Waals surface area contributed by atoms with Crippen LogP contribution in [-0.2, 0) is 6.54 Å². The molecule has 0 unspecified atom stereocenters. The zero-order chi connectivity index (χ0) is 14.8. The summed E-state index contributed by atoms with van der Waals surface area (Å²) in [7, 11) is 0. The van der Waals surface area contributed by atoms with Gasteiger partial charge in [0.15, 0.2) is 11.5 Å². The van der Waals surface area contributed by atoms with Crippen molar-refractivity contribution in [3.8, 4) is 22.6 Å². The first kappa shape index (κ1) is 13.6. The highest BCUT2D eigenvalue weighted by Gasteiger charge is 2.16. The fourth-order valence-corrected chi connectivity index (χ4v) is 3.11. The molecule has 2 heterocycles. The van der Waals surface area contributed by atoms with E-state index in [4.69, 9.17) is 9.47 Å². The van der Waals surface area contributed by atoms with E-state index in [2.05, 4.69) is 46.6 Å². The third kappa shape index (κ3) is 2.67. The van der Waals surface area contributed by atoms with Crippen molar-refractivity contribution in [3.63, 3.8) is 0 Å². The third-order valence-electron chi connectivity index (χ3n) is 4.30. The summed E-state index contributed by atoms with van der Waals surface area (Å²) >= 11 is 0. The molecule has 2 aromatic rings. The molecular weight excluding hydrogens is 276 g/mol. The second kappa shape index (κ2) is 5.99. The van der Waals surface area contributed by atoms with Crippen molar-refractivity contribution in [1.29, 1.82) is 0 Å². The normalized spacial score (nSPS) is 17.6. The Balaban J connectivity index is 1.63. The lowest BCUT2D eigenvalue weighted by Crippen LogP contribution is -2.42. The number of piperazine rings is 1. The number of hydrogen-bond acceptors (Lipinski definition) is 4. The quantitative estimate of drug-likeness (QED) is 0.943. The molecule has 0 aliphatic carbocycles. The van der Waals surface area contributed by atoms with Crippen molar-refractivity contribution in [2.75, 3.05) is 33.0 Å². The highest BCUT2D eigenvalue weighted by Crippen LogP contribution is 2.37. The van der Waals surface area contributed by atoms with E-state index < -0.39 is 0 Å². The van der Waals surface area contributed by atoms with Gasteiger partial charge in [-0.3, -0.25) is 4.90 Å². The fraction of sp³-hybridized carbons (Fsp3) is 0.333. The summed E-state index contributed by atoms with van der Waals surface area (Å²) < 4.78 is 10.9. The van der Waals surface area contributed by atoms with Gasteiger partial charge >= 0.3 is 0 Å². The van der Waals surface area contributed by atoms with E-state index in [0.717, 1.165) is 44.2 Å². The monoisotopic (exact) mass is 296 g/mol. The Morgan fingerprint density at radius 2 is 1.77 bits per heavy atom. The molecule has 4 rings (SSSR count). The first-order valence-corrected chi connectivity index (χ1v) is 7.81. The van der Waals surface area contributed by atoms with Gasteiger partial charge in [0.05, 0.1) is 0 Å². The van der Waals surface area contributed by atoms with E-state index in [1.165, 1.54) is 16.7 Å². The van der Waals surface area contributed by atoms with Crippen LogP contribution in [0.5, 0.6) is 11.5 Å². The first-order valence-electron chi connectivity index (χ1n) is 7.81. The topological polar surface area (TPSA) is 33.7 Å². The average Bonchev–Trinajstić information content (AvgIpc) is 3.04. The molecule has 0 saturated carbocycles. The predicted octanol–water partition coefficient (Wildman–Crippen LogP) is 2.49. The minimum Gasteiger partial charge on any atom is -0.454 e. The molecule has 114 valence electrons. The molecule has 0 aromatic heterocycles. The lowest BCUT2D eigenvalue weighted by molar-refractivity contribution is 0.174. The summed E-state index contributed by atoms with van der Waals surface area (Å²) in [6.07, 6.45) is 0. The van der Waals surface area contributed by atoms with Crippen molar-refractivity contribution in [1.82, 2.24) is 10.2 Å². The fourth-order valence-electron chi connectivity index (χ4n) is 3.11. The van der Waals surface area contributed by atoms with Gasteiger partial charge in [-0.25, -0.2) is 0 Å². The van der Waals surface area contributed by atoms with Gasteiger partial charge in [-0.05, 0) is 28.8 Å². The highest BCUT2D eigenvalue weighted by atomic mass is 16.7. The van der Waals surface area contributed by atoms with E-state index in [1.807, 2.05) is 6.07 Å².